The monoisotopic (exact) mass is 395 g/mol. The van der Waals surface area contributed by atoms with Crippen molar-refractivity contribution in [1.82, 2.24) is 10.3 Å². The van der Waals surface area contributed by atoms with Gasteiger partial charge in [0.05, 0.1) is 24.4 Å². The molecule has 3 aromatic rings. The molecule has 138 valence electrons. The fourth-order valence-corrected chi connectivity index (χ4v) is 4.76. The second-order valence-corrected chi connectivity index (χ2v) is 8.08. The van der Waals surface area contributed by atoms with Gasteiger partial charge in [-0.2, -0.15) is 0 Å². The lowest BCUT2D eigenvalue weighted by Crippen LogP contribution is -2.29. The Kier molecular flexibility index (Phi) is 5.09. The largest absolute Gasteiger partial charge is 0.494 e. The van der Waals surface area contributed by atoms with Crippen LogP contribution in [0.5, 0.6) is 5.75 Å². The average molecular weight is 396 g/mol. The summed E-state index contributed by atoms with van der Waals surface area (Å²) in [7, 11) is 0. The maximum absolute atomic E-state index is 5.73. The van der Waals surface area contributed by atoms with E-state index in [1.54, 1.807) is 11.3 Å². The molecule has 1 fully saturated rings. The molecule has 4 rings (SSSR count). The molecule has 0 unspecified atom stereocenters. The summed E-state index contributed by atoms with van der Waals surface area (Å²) in [5, 5.41) is 4.20. The minimum absolute atomic E-state index is 0.00307. The van der Waals surface area contributed by atoms with Crippen LogP contribution in [-0.4, -0.2) is 16.7 Å². The van der Waals surface area contributed by atoms with Gasteiger partial charge >= 0.3 is 0 Å². The summed E-state index contributed by atoms with van der Waals surface area (Å²) in [6.07, 6.45) is 1.83. The van der Waals surface area contributed by atoms with Crippen molar-refractivity contribution >= 4 is 34.4 Å². The summed E-state index contributed by atoms with van der Waals surface area (Å²) in [6, 6.07) is 18.5. The van der Waals surface area contributed by atoms with Crippen LogP contribution in [0.1, 0.15) is 34.5 Å². The van der Waals surface area contributed by atoms with E-state index in [0.29, 0.717) is 11.7 Å². The normalized spacial score (nSPS) is 19.2. The van der Waals surface area contributed by atoms with E-state index in [2.05, 4.69) is 52.5 Å². The molecule has 2 atom stereocenters. The van der Waals surface area contributed by atoms with Crippen LogP contribution < -0.4 is 15.0 Å². The van der Waals surface area contributed by atoms with E-state index in [4.69, 9.17) is 17.0 Å². The van der Waals surface area contributed by atoms with Gasteiger partial charge < -0.3 is 15.0 Å². The fourth-order valence-electron chi connectivity index (χ4n) is 3.40. The van der Waals surface area contributed by atoms with Crippen molar-refractivity contribution in [2.24, 2.45) is 0 Å². The first-order chi connectivity index (χ1) is 13.2. The van der Waals surface area contributed by atoms with Crippen LogP contribution in [0.3, 0.4) is 0 Å². The van der Waals surface area contributed by atoms with E-state index in [-0.39, 0.29) is 12.1 Å². The molecule has 1 aliphatic rings. The number of nitrogens with one attached hydrogen (secondary N) is 1. The molecule has 6 heteroatoms. The van der Waals surface area contributed by atoms with Crippen LogP contribution in [-0.2, 0) is 0 Å². The first-order valence-electron chi connectivity index (χ1n) is 8.97. The predicted octanol–water partition coefficient (Wildman–Crippen LogP) is 5.03. The Morgan fingerprint density at radius 2 is 1.96 bits per heavy atom. The molecular formula is C21H21N3OS2. The van der Waals surface area contributed by atoms with Crippen LogP contribution in [0.2, 0.25) is 0 Å². The molecule has 0 spiro atoms. The SMILES string of the molecule is CCOc1ccc(N2C(=S)N[C@H](c3ccccn3)[C@@H]2c2ccc(C)s2)cc1. The number of pyridine rings is 1. The molecule has 0 radical (unpaired) electrons. The van der Waals surface area contributed by atoms with Crippen molar-refractivity contribution in [2.75, 3.05) is 11.5 Å². The molecule has 1 N–H and O–H groups in total. The van der Waals surface area contributed by atoms with E-state index in [1.807, 2.05) is 37.4 Å². The van der Waals surface area contributed by atoms with Crippen LogP contribution >= 0.6 is 23.6 Å². The van der Waals surface area contributed by atoms with E-state index in [0.717, 1.165) is 17.1 Å². The smallest absolute Gasteiger partial charge is 0.174 e. The topological polar surface area (TPSA) is 37.4 Å². The summed E-state index contributed by atoms with van der Waals surface area (Å²) >= 11 is 7.53. The molecule has 0 aliphatic carbocycles. The summed E-state index contributed by atoms with van der Waals surface area (Å²) in [5.74, 6) is 0.865. The summed E-state index contributed by atoms with van der Waals surface area (Å²) in [5.41, 5.74) is 2.04. The number of thiophene rings is 1. The summed E-state index contributed by atoms with van der Waals surface area (Å²) in [4.78, 5) is 9.32. The minimum atomic E-state index is 0.00307. The van der Waals surface area contributed by atoms with Gasteiger partial charge in [-0.25, -0.2) is 0 Å². The first-order valence-corrected chi connectivity index (χ1v) is 10.2. The van der Waals surface area contributed by atoms with Gasteiger partial charge in [-0.1, -0.05) is 6.07 Å². The number of rotatable bonds is 5. The maximum Gasteiger partial charge on any atom is 0.174 e. The fraction of sp³-hybridized carbons (Fsp3) is 0.238. The number of benzene rings is 1. The van der Waals surface area contributed by atoms with Gasteiger partial charge in [0.15, 0.2) is 5.11 Å². The zero-order valence-corrected chi connectivity index (χ0v) is 16.9. The Balaban J connectivity index is 1.75. The molecule has 1 aromatic carbocycles. The number of aromatic nitrogens is 1. The summed E-state index contributed by atoms with van der Waals surface area (Å²) < 4.78 is 5.58. The number of anilines is 1. The third-order valence-electron chi connectivity index (χ3n) is 4.58. The molecule has 3 heterocycles. The highest BCUT2D eigenvalue weighted by Crippen LogP contribution is 2.43. The Morgan fingerprint density at radius 3 is 2.59 bits per heavy atom. The first kappa shape index (κ1) is 17.9. The zero-order valence-electron chi connectivity index (χ0n) is 15.3. The molecule has 27 heavy (non-hydrogen) atoms. The van der Waals surface area contributed by atoms with Gasteiger partial charge in [0.1, 0.15) is 5.75 Å². The van der Waals surface area contributed by atoms with Gasteiger partial charge in [0.25, 0.3) is 0 Å². The highest BCUT2D eigenvalue weighted by atomic mass is 32.1. The van der Waals surface area contributed by atoms with Crippen LogP contribution in [0.4, 0.5) is 5.69 Å². The van der Waals surface area contributed by atoms with Gasteiger partial charge in [-0.05, 0) is 74.6 Å². The highest BCUT2D eigenvalue weighted by Gasteiger charge is 2.41. The second kappa shape index (κ2) is 7.66. The van der Waals surface area contributed by atoms with E-state index < -0.39 is 0 Å². The second-order valence-electron chi connectivity index (χ2n) is 6.37. The number of aryl methyl sites for hydroxylation is 1. The molecule has 2 aromatic heterocycles. The lowest BCUT2D eigenvalue weighted by molar-refractivity contribution is 0.340. The lowest BCUT2D eigenvalue weighted by Gasteiger charge is -2.27. The Bertz CT molecular complexity index is 924. The van der Waals surface area contributed by atoms with Gasteiger partial charge in [-0.3, -0.25) is 4.98 Å². The standard InChI is InChI=1S/C21H21N3OS2/c1-3-25-16-10-8-15(9-11-16)24-20(18-12-7-14(2)27-18)19(23-21(24)26)17-6-4-5-13-22-17/h4-13,19-20H,3H2,1-2H3,(H,23,26)/t19-,20+/m1/s1. The van der Waals surface area contributed by atoms with Gasteiger partial charge in [0.2, 0.25) is 0 Å². The van der Waals surface area contributed by atoms with E-state index >= 15 is 0 Å². The van der Waals surface area contributed by atoms with E-state index in [1.165, 1.54) is 9.75 Å². The van der Waals surface area contributed by atoms with Crippen LogP contribution in [0.25, 0.3) is 0 Å². The number of ether oxygens (including phenoxy) is 1. The molecule has 1 saturated heterocycles. The predicted molar refractivity (Wildman–Crippen MR) is 115 cm³/mol. The van der Waals surface area contributed by atoms with Crippen LogP contribution in [0.15, 0.2) is 60.8 Å². The van der Waals surface area contributed by atoms with Crippen molar-refractivity contribution in [3.8, 4) is 5.75 Å². The highest BCUT2D eigenvalue weighted by molar-refractivity contribution is 7.80. The third-order valence-corrected chi connectivity index (χ3v) is 5.96. The number of nitrogens with zero attached hydrogens (tertiary/aromatic N) is 2. The Hall–Kier alpha value is -2.44. The van der Waals surface area contributed by atoms with Crippen molar-refractivity contribution < 1.29 is 4.74 Å². The van der Waals surface area contributed by atoms with E-state index in [9.17, 15) is 0 Å². The molecule has 1 aliphatic heterocycles. The number of hydrogen-bond donors (Lipinski definition) is 1. The molecule has 4 nitrogen and oxygen atoms in total. The number of thiocarbonyl (C=S) groups is 1. The van der Waals surface area contributed by atoms with Crippen molar-refractivity contribution in [2.45, 2.75) is 25.9 Å². The van der Waals surface area contributed by atoms with Crippen LogP contribution in [0, 0.1) is 6.92 Å². The average Bonchev–Trinajstić information content (AvgIpc) is 3.26. The molecular weight excluding hydrogens is 374 g/mol. The zero-order chi connectivity index (χ0) is 18.8. The Morgan fingerprint density at radius 1 is 1.15 bits per heavy atom. The van der Waals surface area contributed by atoms with Crippen molar-refractivity contribution in [1.29, 1.82) is 0 Å². The molecule has 0 saturated carbocycles. The lowest BCUT2D eigenvalue weighted by atomic mass is 10.0. The number of hydrogen-bond acceptors (Lipinski definition) is 4. The van der Waals surface area contributed by atoms with Gasteiger partial charge in [-0.15, -0.1) is 11.3 Å². The minimum Gasteiger partial charge on any atom is -0.494 e. The quantitative estimate of drug-likeness (QED) is 0.614. The van der Waals surface area contributed by atoms with Crippen molar-refractivity contribution in [3.05, 3.63) is 76.2 Å². The third kappa shape index (κ3) is 3.55. The molecule has 0 amide bonds. The maximum atomic E-state index is 5.73. The Labute approximate surface area is 168 Å². The van der Waals surface area contributed by atoms with Crippen molar-refractivity contribution in [3.63, 3.8) is 0 Å². The summed E-state index contributed by atoms with van der Waals surface area (Å²) in [6.45, 7) is 4.77. The molecule has 0 bridgehead atoms. The van der Waals surface area contributed by atoms with Gasteiger partial charge in [0, 0.05) is 21.6 Å².